The van der Waals surface area contributed by atoms with Crippen LogP contribution in [0.15, 0.2) is 30.3 Å². The fraction of sp³-hybridized carbons (Fsp3) is 0.222. The van der Waals surface area contributed by atoms with E-state index in [0.717, 1.165) is 5.56 Å². The van der Waals surface area contributed by atoms with Crippen LogP contribution in [-0.4, -0.2) is 13.2 Å². The summed E-state index contributed by atoms with van der Waals surface area (Å²) < 4.78 is 4.42. The normalized spacial score (nSPS) is 9.08. The lowest BCUT2D eigenvalue weighted by Gasteiger charge is -2.02. The maximum Gasteiger partial charge on any atom is 0.407 e. The number of methoxy groups -OCH3 is 1. The number of ether oxygens (including phenoxy) is 1. The summed E-state index contributed by atoms with van der Waals surface area (Å²) in [5, 5.41) is 2.59. The third-order valence-electron chi connectivity index (χ3n) is 1.47. The van der Waals surface area contributed by atoms with E-state index in [1.807, 2.05) is 30.3 Å². The van der Waals surface area contributed by atoms with Crippen molar-refractivity contribution in [2.45, 2.75) is 6.54 Å². The first-order chi connectivity index (χ1) is 5.83. The van der Waals surface area contributed by atoms with Crippen LogP contribution in [0.5, 0.6) is 0 Å². The van der Waals surface area contributed by atoms with Crippen LogP contribution in [-0.2, 0) is 11.3 Å². The molecule has 1 amide bonds. The van der Waals surface area contributed by atoms with Gasteiger partial charge >= 0.3 is 6.09 Å². The van der Waals surface area contributed by atoms with Crippen molar-refractivity contribution in [1.29, 1.82) is 0 Å². The summed E-state index contributed by atoms with van der Waals surface area (Å²) in [6.45, 7) is 0.507. The van der Waals surface area contributed by atoms with Crippen molar-refractivity contribution in [1.82, 2.24) is 5.32 Å². The second-order valence-electron chi connectivity index (χ2n) is 2.33. The molecule has 3 nitrogen and oxygen atoms in total. The predicted octanol–water partition coefficient (Wildman–Crippen LogP) is 1.54. The van der Waals surface area contributed by atoms with Gasteiger partial charge in [0.25, 0.3) is 0 Å². The molecule has 1 aromatic carbocycles. The highest BCUT2D eigenvalue weighted by Gasteiger charge is 1.96. The van der Waals surface area contributed by atoms with Crippen molar-refractivity contribution >= 4 is 6.09 Å². The number of carbonyl (C=O) groups is 1. The van der Waals surface area contributed by atoms with E-state index in [2.05, 4.69) is 10.1 Å². The Hall–Kier alpha value is -1.51. The summed E-state index contributed by atoms with van der Waals surface area (Å²) in [6.07, 6.45) is -0.404. The third kappa shape index (κ3) is 2.62. The highest BCUT2D eigenvalue weighted by atomic mass is 16.5. The van der Waals surface area contributed by atoms with Crippen LogP contribution in [0.2, 0.25) is 0 Å². The van der Waals surface area contributed by atoms with E-state index >= 15 is 0 Å². The number of rotatable bonds is 2. The molecule has 0 unspecified atom stereocenters. The van der Waals surface area contributed by atoms with Crippen molar-refractivity contribution < 1.29 is 9.53 Å². The van der Waals surface area contributed by atoms with Crippen LogP contribution < -0.4 is 5.32 Å². The molecule has 0 aromatic heterocycles. The minimum atomic E-state index is -0.404. The quantitative estimate of drug-likeness (QED) is 0.720. The van der Waals surface area contributed by atoms with Crippen LogP contribution >= 0.6 is 0 Å². The van der Waals surface area contributed by atoms with E-state index < -0.39 is 6.09 Å². The SMILES string of the molecule is CO[11C](=O)NCc1ccccc1. The molecule has 0 fully saturated rings. The first kappa shape index (κ1) is 8.59. The van der Waals surface area contributed by atoms with Gasteiger partial charge in [-0.2, -0.15) is 0 Å². The molecule has 0 atom stereocenters. The Labute approximate surface area is 71.4 Å². The Kier molecular flexibility index (Phi) is 3.14. The van der Waals surface area contributed by atoms with Gasteiger partial charge < -0.3 is 10.1 Å². The zero-order valence-corrected chi connectivity index (χ0v) is 6.91. The van der Waals surface area contributed by atoms with Crippen LogP contribution in [0, 0.1) is 0 Å². The van der Waals surface area contributed by atoms with Gasteiger partial charge in [-0.25, -0.2) is 4.79 Å². The average Bonchev–Trinajstić information content (AvgIpc) is 2.16. The molecular weight excluding hydrogens is 153 g/mol. The number of alkyl carbamates (subject to hydrolysis) is 1. The summed E-state index contributed by atoms with van der Waals surface area (Å²) in [6, 6.07) is 9.66. The average molecular weight is 164 g/mol. The summed E-state index contributed by atoms with van der Waals surface area (Å²) in [4.78, 5) is 10.7. The molecule has 0 saturated carbocycles. The van der Waals surface area contributed by atoms with Crippen LogP contribution in [0.25, 0.3) is 0 Å². The topological polar surface area (TPSA) is 38.3 Å². The van der Waals surface area contributed by atoms with Gasteiger partial charge in [0, 0.05) is 6.54 Å². The summed E-state index contributed by atoms with van der Waals surface area (Å²) >= 11 is 0. The van der Waals surface area contributed by atoms with E-state index in [0.29, 0.717) is 6.54 Å². The Morgan fingerprint density at radius 2 is 2.08 bits per heavy atom. The molecule has 64 valence electrons. The number of nitrogens with one attached hydrogen (secondary N) is 1. The molecule has 0 radical (unpaired) electrons. The fourth-order valence-electron chi connectivity index (χ4n) is 0.842. The van der Waals surface area contributed by atoms with Crippen LogP contribution in [0.1, 0.15) is 5.56 Å². The zero-order valence-electron chi connectivity index (χ0n) is 6.91. The predicted molar refractivity (Wildman–Crippen MR) is 45.7 cm³/mol. The van der Waals surface area contributed by atoms with E-state index in [1.165, 1.54) is 7.11 Å². The molecule has 1 N–H and O–H groups in total. The van der Waals surface area contributed by atoms with Gasteiger partial charge in [0.05, 0.1) is 7.11 Å². The summed E-state index contributed by atoms with van der Waals surface area (Å²) in [5.74, 6) is 0. The van der Waals surface area contributed by atoms with E-state index in [-0.39, 0.29) is 0 Å². The number of hydrogen-bond donors (Lipinski definition) is 1. The van der Waals surface area contributed by atoms with Crippen LogP contribution in [0.3, 0.4) is 0 Å². The first-order valence-corrected chi connectivity index (χ1v) is 3.68. The highest BCUT2D eigenvalue weighted by molar-refractivity contribution is 5.66. The molecular formula is C9H11NO2. The smallest absolute Gasteiger partial charge is 0.407 e. The molecule has 0 spiro atoms. The monoisotopic (exact) mass is 164 g/mol. The van der Waals surface area contributed by atoms with E-state index in [9.17, 15) is 4.79 Å². The van der Waals surface area contributed by atoms with Crippen LogP contribution in [0.4, 0.5) is 4.79 Å². The minimum absolute atomic E-state index is 0.404. The van der Waals surface area contributed by atoms with Gasteiger partial charge in [-0.05, 0) is 5.56 Å². The van der Waals surface area contributed by atoms with E-state index in [1.54, 1.807) is 0 Å². The molecule has 0 aliphatic carbocycles. The first-order valence-electron chi connectivity index (χ1n) is 3.68. The minimum Gasteiger partial charge on any atom is -0.453 e. The lowest BCUT2D eigenvalue weighted by atomic mass is 10.2. The number of hydrogen-bond acceptors (Lipinski definition) is 2. The van der Waals surface area contributed by atoms with Gasteiger partial charge in [0.1, 0.15) is 0 Å². The molecule has 0 aliphatic heterocycles. The zero-order chi connectivity index (χ0) is 8.81. The third-order valence-corrected chi connectivity index (χ3v) is 1.47. The number of carbonyl (C=O) groups excluding carboxylic acids is 1. The van der Waals surface area contributed by atoms with Crippen molar-refractivity contribution in [3.8, 4) is 0 Å². The van der Waals surface area contributed by atoms with Crippen molar-refractivity contribution in [2.75, 3.05) is 7.11 Å². The molecule has 3 heteroatoms. The van der Waals surface area contributed by atoms with E-state index in [4.69, 9.17) is 0 Å². The second kappa shape index (κ2) is 4.38. The largest absolute Gasteiger partial charge is 0.453 e. The van der Waals surface area contributed by atoms with Gasteiger partial charge in [-0.1, -0.05) is 30.3 Å². The molecule has 12 heavy (non-hydrogen) atoms. The Balaban J connectivity index is 2.38. The lowest BCUT2D eigenvalue weighted by Crippen LogP contribution is -2.22. The molecule has 0 bridgehead atoms. The Morgan fingerprint density at radius 1 is 1.42 bits per heavy atom. The lowest BCUT2D eigenvalue weighted by molar-refractivity contribution is 0.170. The molecule has 1 rings (SSSR count). The van der Waals surface area contributed by atoms with Crippen molar-refractivity contribution in [2.24, 2.45) is 0 Å². The van der Waals surface area contributed by atoms with Crippen molar-refractivity contribution in [3.63, 3.8) is 0 Å². The standard InChI is InChI=1S/C9H11NO2/c1-12-9(11)10-7-8-5-3-2-4-6-8/h2-6H,7H2,1H3,(H,10,11)/i9-1. The van der Waals surface area contributed by atoms with Gasteiger partial charge in [0.15, 0.2) is 0 Å². The number of benzene rings is 1. The van der Waals surface area contributed by atoms with Gasteiger partial charge in [-0.3, -0.25) is 0 Å². The fourth-order valence-corrected chi connectivity index (χ4v) is 0.842. The molecule has 0 aliphatic rings. The maximum absolute atomic E-state index is 10.7. The Bertz CT molecular complexity index is 246. The second-order valence-corrected chi connectivity index (χ2v) is 2.33. The Morgan fingerprint density at radius 3 is 2.67 bits per heavy atom. The van der Waals surface area contributed by atoms with Gasteiger partial charge in [0.2, 0.25) is 0 Å². The number of amides is 1. The summed E-state index contributed by atoms with van der Waals surface area (Å²) in [7, 11) is 1.35. The maximum atomic E-state index is 10.7. The highest BCUT2D eigenvalue weighted by Crippen LogP contribution is 1.96. The van der Waals surface area contributed by atoms with Gasteiger partial charge in [-0.15, -0.1) is 0 Å². The van der Waals surface area contributed by atoms with Crippen molar-refractivity contribution in [3.05, 3.63) is 35.9 Å². The summed E-state index contributed by atoms with van der Waals surface area (Å²) in [5.41, 5.74) is 1.06. The molecule has 0 heterocycles. The molecule has 1 aromatic rings. The molecule has 0 saturated heterocycles.